The van der Waals surface area contributed by atoms with Crippen LogP contribution in [-0.2, 0) is 4.74 Å². The molecule has 0 bridgehead atoms. The van der Waals surface area contributed by atoms with E-state index >= 15 is 0 Å². The Morgan fingerprint density at radius 2 is 2.46 bits per heavy atom. The molecule has 1 saturated heterocycles. The predicted molar refractivity (Wildman–Crippen MR) is 59.4 cm³/mol. The Morgan fingerprint density at radius 1 is 1.62 bits per heavy atom. The van der Waals surface area contributed by atoms with E-state index in [4.69, 9.17) is 4.74 Å². The summed E-state index contributed by atoms with van der Waals surface area (Å²) in [7, 11) is 3.86. The van der Waals surface area contributed by atoms with E-state index in [-0.39, 0.29) is 0 Å². The molecule has 1 aliphatic rings. The van der Waals surface area contributed by atoms with Gasteiger partial charge in [0.25, 0.3) is 0 Å². The molecular weight excluding hydrogens is 182 g/mol. The maximum absolute atomic E-state index is 5.06. The third-order valence-corrected chi connectivity index (χ3v) is 4.16. The van der Waals surface area contributed by atoms with Crippen molar-refractivity contribution in [1.29, 1.82) is 0 Å². The third-order valence-electron chi connectivity index (χ3n) is 2.65. The molecule has 1 fully saturated rings. The summed E-state index contributed by atoms with van der Waals surface area (Å²) in [5, 5.41) is 4.28. The third kappa shape index (κ3) is 3.88. The van der Waals surface area contributed by atoms with Crippen molar-refractivity contribution >= 4 is 11.8 Å². The van der Waals surface area contributed by atoms with E-state index in [9.17, 15) is 0 Å². The van der Waals surface area contributed by atoms with Gasteiger partial charge in [-0.2, -0.15) is 11.8 Å². The van der Waals surface area contributed by atoms with Crippen LogP contribution >= 0.6 is 11.8 Å². The van der Waals surface area contributed by atoms with Crippen LogP contribution in [0.4, 0.5) is 0 Å². The fourth-order valence-electron chi connectivity index (χ4n) is 1.88. The second-order valence-corrected chi connectivity index (χ2v) is 4.93. The van der Waals surface area contributed by atoms with Crippen LogP contribution in [0.3, 0.4) is 0 Å². The standard InChI is InChI=1S/C10H21NOS/c1-11-9(5-3-7-12-2)10-6-4-8-13-10/h9-11H,3-8H2,1-2H3. The Kier molecular flexibility index (Phi) is 5.83. The molecule has 78 valence electrons. The molecule has 0 spiro atoms. The van der Waals surface area contributed by atoms with E-state index in [1.165, 1.54) is 31.4 Å². The zero-order chi connectivity index (χ0) is 9.52. The molecule has 2 atom stereocenters. The second-order valence-electron chi connectivity index (χ2n) is 3.58. The van der Waals surface area contributed by atoms with Crippen LogP contribution in [0.2, 0.25) is 0 Å². The topological polar surface area (TPSA) is 21.3 Å². The molecule has 1 heterocycles. The van der Waals surface area contributed by atoms with E-state index in [0.717, 1.165) is 11.9 Å². The molecule has 0 aromatic carbocycles. The Labute approximate surface area is 85.8 Å². The highest BCUT2D eigenvalue weighted by Crippen LogP contribution is 2.30. The van der Waals surface area contributed by atoms with E-state index in [1.807, 2.05) is 0 Å². The summed E-state index contributed by atoms with van der Waals surface area (Å²) in [6.07, 6.45) is 5.22. The summed E-state index contributed by atoms with van der Waals surface area (Å²) in [6.45, 7) is 0.898. The van der Waals surface area contributed by atoms with Gasteiger partial charge < -0.3 is 10.1 Å². The van der Waals surface area contributed by atoms with Crippen molar-refractivity contribution in [1.82, 2.24) is 5.32 Å². The number of nitrogens with one attached hydrogen (secondary N) is 1. The van der Waals surface area contributed by atoms with Crippen LogP contribution in [0.15, 0.2) is 0 Å². The van der Waals surface area contributed by atoms with E-state index < -0.39 is 0 Å². The molecule has 0 saturated carbocycles. The maximum atomic E-state index is 5.06. The molecule has 0 amide bonds. The number of hydrogen-bond donors (Lipinski definition) is 1. The summed E-state index contributed by atoms with van der Waals surface area (Å²) in [4.78, 5) is 0. The molecule has 1 rings (SSSR count). The van der Waals surface area contributed by atoms with Crippen LogP contribution in [0.25, 0.3) is 0 Å². The number of hydrogen-bond acceptors (Lipinski definition) is 3. The highest BCUT2D eigenvalue weighted by atomic mass is 32.2. The fraction of sp³-hybridized carbons (Fsp3) is 1.00. The SMILES string of the molecule is CNC(CCCOC)C1CCCS1. The average Bonchev–Trinajstić information content (AvgIpc) is 2.65. The van der Waals surface area contributed by atoms with Gasteiger partial charge in [-0.3, -0.25) is 0 Å². The molecule has 2 nitrogen and oxygen atoms in total. The zero-order valence-corrected chi connectivity index (χ0v) is 9.53. The van der Waals surface area contributed by atoms with Gasteiger partial charge in [-0.25, -0.2) is 0 Å². The largest absolute Gasteiger partial charge is 0.385 e. The predicted octanol–water partition coefficient (Wildman–Crippen LogP) is 1.90. The summed E-state index contributed by atoms with van der Waals surface area (Å²) in [5.74, 6) is 1.35. The van der Waals surface area contributed by atoms with Gasteiger partial charge in [-0.05, 0) is 38.5 Å². The van der Waals surface area contributed by atoms with Crippen molar-refractivity contribution in [2.45, 2.75) is 37.0 Å². The summed E-state index contributed by atoms with van der Waals surface area (Å²) in [6, 6.07) is 0.697. The summed E-state index contributed by atoms with van der Waals surface area (Å²) < 4.78 is 5.06. The van der Waals surface area contributed by atoms with Gasteiger partial charge in [-0.1, -0.05) is 0 Å². The lowest BCUT2D eigenvalue weighted by Gasteiger charge is -2.21. The van der Waals surface area contributed by atoms with Crippen molar-refractivity contribution in [3.63, 3.8) is 0 Å². The molecule has 2 unspecified atom stereocenters. The van der Waals surface area contributed by atoms with Gasteiger partial charge in [0, 0.05) is 25.0 Å². The van der Waals surface area contributed by atoms with E-state index in [1.54, 1.807) is 7.11 Å². The van der Waals surface area contributed by atoms with Crippen LogP contribution in [0.5, 0.6) is 0 Å². The molecule has 0 aliphatic carbocycles. The molecular formula is C10H21NOS. The minimum atomic E-state index is 0.697. The van der Waals surface area contributed by atoms with Gasteiger partial charge in [-0.15, -0.1) is 0 Å². The van der Waals surface area contributed by atoms with Crippen LogP contribution in [-0.4, -0.2) is 37.8 Å². The fourth-order valence-corrected chi connectivity index (χ4v) is 3.36. The molecule has 0 aromatic rings. The summed E-state index contributed by atoms with van der Waals surface area (Å²) >= 11 is 2.13. The van der Waals surface area contributed by atoms with Gasteiger partial charge in [0.05, 0.1) is 0 Å². The summed E-state index contributed by atoms with van der Waals surface area (Å²) in [5.41, 5.74) is 0. The van der Waals surface area contributed by atoms with E-state index in [2.05, 4.69) is 24.1 Å². The Morgan fingerprint density at radius 3 is 3.00 bits per heavy atom. The molecule has 0 aromatic heterocycles. The molecule has 3 heteroatoms. The van der Waals surface area contributed by atoms with Crippen LogP contribution in [0, 0.1) is 0 Å². The van der Waals surface area contributed by atoms with Crippen molar-refractivity contribution in [2.75, 3.05) is 26.5 Å². The average molecular weight is 203 g/mol. The maximum Gasteiger partial charge on any atom is 0.0462 e. The molecule has 1 N–H and O–H groups in total. The van der Waals surface area contributed by atoms with Gasteiger partial charge >= 0.3 is 0 Å². The van der Waals surface area contributed by atoms with Crippen molar-refractivity contribution in [3.05, 3.63) is 0 Å². The van der Waals surface area contributed by atoms with Crippen molar-refractivity contribution in [2.24, 2.45) is 0 Å². The first-order valence-corrected chi connectivity index (χ1v) is 6.21. The highest BCUT2D eigenvalue weighted by Gasteiger charge is 2.23. The van der Waals surface area contributed by atoms with Gasteiger partial charge in [0.1, 0.15) is 0 Å². The Bertz CT molecular complexity index is 126. The normalized spacial score (nSPS) is 24.9. The first-order valence-electron chi connectivity index (χ1n) is 5.16. The zero-order valence-electron chi connectivity index (χ0n) is 8.71. The molecule has 0 radical (unpaired) electrons. The van der Waals surface area contributed by atoms with Crippen molar-refractivity contribution < 1.29 is 4.74 Å². The van der Waals surface area contributed by atoms with E-state index in [0.29, 0.717) is 6.04 Å². The van der Waals surface area contributed by atoms with Crippen molar-refractivity contribution in [3.8, 4) is 0 Å². The second kappa shape index (κ2) is 6.68. The van der Waals surface area contributed by atoms with Crippen LogP contribution in [0.1, 0.15) is 25.7 Å². The highest BCUT2D eigenvalue weighted by molar-refractivity contribution is 8.00. The number of rotatable bonds is 6. The first kappa shape index (κ1) is 11.3. The van der Waals surface area contributed by atoms with Gasteiger partial charge in [0.15, 0.2) is 0 Å². The minimum absolute atomic E-state index is 0.697. The number of thioether (sulfide) groups is 1. The molecule has 13 heavy (non-hydrogen) atoms. The van der Waals surface area contributed by atoms with Crippen LogP contribution < -0.4 is 5.32 Å². The Hall–Kier alpha value is 0.270. The lowest BCUT2D eigenvalue weighted by molar-refractivity contribution is 0.189. The minimum Gasteiger partial charge on any atom is -0.385 e. The quantitative estimate of drug-likeness (QED) is 0.666. The number of ether oxygens (including phenoxy) is 1. The lowest BCUT2D eigenvalue weighted by atomic mass is 10.1. The molecule has 1 aliphatic heterocycles. The first-order chi connectivity index (χ1) is 6.38. The Balaban J connectivity index is 2.16. The smallest absolute Gasteiger partial charge is 0.0462 e. The van der Waals surface area contributed by atoms with Gasteiger partial charge in [0.2, 0.25) is 0 Å². The number of methoxy groups -OCH3 is 1. The lowest BCUT2D eigenvalue weighted by Crippen LogP contribution is -2.34. The monoisotopic (exact) mass is 203 g/mol.